The maximum Gasteiger partial charge on any atom is 0.288 e. The Morgan fingerprint density at radius 3 is 3.10 bits per heavy atom. The summed E-state index contributed by atoms with van der Waals surface area (Å²) < 4.78 is 36.9. The molecular weight excluding hydrogens is 284 g/mol. The van der Waals surface area contributed by atoms with Crippen LogP contribution in [0.5, 0.6) is 0 Å². The van der Waals surface area contributed by atoms with Gasteiger partial charge in [0.1, 0.15) is 6.61 Å². The Morgan fingerprint density at radius 2 is 2.33 bits per heavy atom. The van der Waals surface area contributed by atoms with Crippen molar-refractivity contribution in [3.63, 3.8) is 0 Å². The first-order valence-electron chi connectivity index (χ1n) is 6.38. The van der Waals surface area contributed by atoms with Crippen molar-refractivity contribution in [1.29, 1.82) is 0 Å². The first-order chi connectivity index (χ1) is 10.1. The second-order valence-electron chi connectivity index (χ2n) is 4.81. The molecule has 0 aliphatic carbocycles. The number of ether oxygens (including phenoxy) is 1. The summed E-state index contributed by atoms with van der Waals surface area (Å²) in [6.07, 6.45) is 4.23. The number of nitrogens with one attached hydrogen (secondary N) is 1. The van der Waals surface area contributed by atoms with Gasteiger partial charge in [0.2, 0.25) is 0 Å². The van der Waals surface area contributed by atoms with Gasteiger partial charge < -0.3 is 14.1 Å². The van der Waals surface area contributed by atoms with Crippen molar-refractivity contribution in [2.45, 2.75) is 5.92 Å². The minimum Gasteiger partial charge on any atom is -0.472 e. The van der Waals surface area contributed by atoms with E-state index >= 15 is 0 Å². The largest absolute Gasteiger partial charge is 0.472 e. The minimum absolute atomic E-state index is 0.0836. The molecule has 8 heteroatoms. The number of furan rings is 1. The lowest BCUT2D eigenvalue weighted by atomic mass is 10.1. The number of hydrogen-bond acceptors (Lipinski definition) is 4. The Bertz CT molecular complexity index is 624. The summed E-state index contributed by atoms with van der Waals surface area (Å²) in [6.45, 7) is -1.14. The summed E-state index contributed by atoms with van der Waals surface area (Å²) in [6, 6.07) is 1.66. The first-order valence-corrected chi connectivity index (χ1v) is 6.38. The standard InChI is InChI=1S/C13H13F2N3O3/c14-13(15)7-18(2-4-21-8-13)12(19)10-5-16-17-11(10)9-1-3-20-6-9/h1,3,5-6H,2,4,7-8H2,(H,16,17). The van der Waals surface area contributed by atoms with Gasteiger partial charge >= 0.3 is 0 Å². The van der Waals surface area contributed by atoms with E-state index in [9.17, 15) is 13.6 Å². The fourth-order valence-electron chi connectivity index (χ4n) is 2.22. The lowest BCUT2D eigenvalue weighted by molar-refractivity contribution is -0.0660. The molecule has 0 unspecified atom stereocenters. The zero-order chi connectivity index (χ0) is 14.9. The molecule has 0 aromatic carbocycles. The van der Waals surface area contributed by atoms with Crippen LogP contribution < -0.4 is 0 Å². The Balaban J connectivity index is 1.87. The van der Waals surface area contributed by atoms with Crippen LogP contribution in [0.1, 0.15) is 10.4 Å². The van der Waals surface area contributed by atoms with Crippen LogP contribution in [0.3, 0.4) is 0 Å². The van der Waals surface area contributed by atoms with Crippen LogP contribution in [0, 0.1) is 0 Å². The van der Waals surface area contributed by atoms with Gasteiger partial charge in [0, 0.05) is 12.1 Å². The Kier molecular flexibility index (Phi) is 3.46. The molecule has 0 saturated carbocycles. The van der Waals surface area contributed by atoms with Crippen LogP contribution in [0.15, 0.2) is 29.2 Å². The summed E-state index contributed by atoms with van der Waals surface area (Å²) in [5.74, 6) is -3.56. The van der Waals surface area contributed by atoms with Gasteiger partial charge in [0.25, 0.3) is 11.8 Å². The highest BCUT2D eigenvalue weighted by molar-refractivity contribution is 5.99. The van der Waals surface area contributed by atoms with Crippen LogP contribution in [0.4, 0.5) is 8.78 Å². The Morgan fingerprint density at radius 1 is 1.48 bits per heavy atom. The lowest BCUT2D eigenvalue weighted by Gasteiger charge is -2.23. The molecule has 0 bridgehead atoms. The number of amides is 1. The molecule has 0 radical (unpaired) electrons. The van der Waals surface area contributed by atoms with Crippen LogP contribution >= 0.6 is 0 Å². The van der Waals surface area contributed by atoms with Gasteiger partial charge in [0.05, 0.1) is 43.1 Å². The number of aromatic amines is 1. The monoisotopic (exact) mass is 297 g/mol. The Labute approximate surface area is 118 Å². The molecule has 0 spiro atoms. The number of hydrogen-bond donors (Lipinski definition) is 1. The van der Waals surface area contributed by atoms with Crippen molar-refractivity contribution >= 4 is 5.91 Å². The SMILES string of the molecule is O=C(c1cn[nH]c1-c1ccoc1)N1CCOCC(F)(F)C1. The zero-order valence-corrected chi connectivity index (χ0v) is 11.0. The van der Waals surface area contributed by atoms with Gasteiger partial charge in [0.15, 0.2) is 0 Å². The number of carbonyl (C=O) groups is 1. The van der Waals surface area contributed by atoms with E-state index in [1.807, 2.05) is 0 Å². The lowest BCUT2D eigenvalue weighted by Crippen LogP contribution is -2.41. The quantitative estimate of drug-likeness (QED) is 0.917. The Hall–Kier alpha value is -2.22. The third-order valence-electron chi connectivity index (χ3n) is 3.21. The maximum absolute atomic E-state index is 13.5. The number of nitrogens with zero attached hydrogens (tertiary/aromatic N) is 2. The third kappa shape index (κ3) is 2.80. The van der Waals surface area contributed by atoms with Crippen molar-refractivity contribution in [3.8, 4) is 11.3 Å². The summed E-state index contributed by atoms with van der Waals surface area (Å²) in [5.41, 5.74) is 1.31. The molecule has 1 aliphatic heterocycles. The molecular formula is C13H13F2N3O3. The van der Waals surface area contributed by atoms with Crippen molar-refractivity contribution in [2.24, 2.45) is 0 Å². The maximum atomic E-state index is 13.5. The minimum atomic E-state index is -3.05. The van der Waals surface area contributed by atoms with E-state index in [0.717, 1.165) is 4.90 Å². The topological polar surface area (TPSA) is 71.4 Å². The van der Waals surface area contributed by atoms with E-state index in [4.69, 9.17) is 9.15 Å². The summed E-state index contributed by atoms with van der Waals surface area (Å²) >= 11 is 0. The van der Waals surface area contributed by atoms with Crippen LogP contribution in [-0.2, 0) is 4.74 Å². The van der Waals surface area contributed by atoms with Crippen LogP contribution in [0.25, 0.3) is 11.3 Å². The number of aromatic nitrogens is 2. The molecule has 0 atom stereocenters. The van der Waals surface area contributed by atoms with Crippen molar-refractivity contribution in [2.75, 3.05) is 26.3 Å². The van der Waals surface area contributed by atoms with E-state index < -0.39 is 25.0 Å². The molecule has 1 amide bonds. The second-order valence-corrected chi connectivity index (χ2v) is 4.81. The van der Waals surface area contributed by atoms with E-state index in [2.05, 4.69) is 10.2 Å². The van der Waals surface area contributed by atoms with Gasteiger partial charge in [-0.3, -0.25) is 9.89 Å². The highest BCUT2D eigenvalue weighted by Gasteiger charge is 2.37. The highest BCUT2D eigenvalue weighted by atomic mass is 19.3. The molecule has 112 valence electrons. The zero-order valence-electron chi connectivity index (χ0n) is 11.0. The van der Waals surface area contributed by atoms with E-state index in [1.165, 1.54) is 18.7 Å². The number of halogens is 2. The molecule has 21 heavy (non-hydrogen) atoms. The molecule has 1 aliphatic rings. The summed E-state index contributed by atoms with van der Waals surface area (Å²) in [4.78, 5) is 13.5. The van der Waals surface area contributed by atoms with Crippen molar-refractivity contribution in [1.82, 2.24) is 15.1 Å². The van der Waals surface area contributed by atoms with Gasteiger partial charge in [-0.25, -0.2) is 8.78 Å². The smallest absolute Gasteiger partial charge is 0.288 e. The molecule has 1 N–H and O–H groups in total. The predicted molar refractivity (Wildman–Crippen MR) is 68.0 cm³/mol. The predicted octanol–water partition coefficient (Wildman–Crippen LogP) is 1.78. The fraction of sp³-hybridized carbons (Fsp3) is 0.385. The second kappa shape index (κ2) is 5.28. The average molecular weight is 297 g/mol. The normalized spacial score (nSPS) is 18.5. The summed E-state index contributed by atoms with van der Waals surface area (Å²) in [7, 11) is 0. The van der Waals surface area contributed by atoms with Gasteiger partial charge in [-0.2, -0.15) is 5.10 Å². The third-order valence-corrected chi connectivity index (χ3v) is 3.21. The summed E-state index contributed by atoms with van der Waals surface area (Å²) in [5, 5.41) is 6.51. The van der Waals surface area contributed by atoms with Crippen molar-refractivity contribution in [3.05, 3.63) is 30.4 Å². The molecule has 2 aromatic heterocycles. The number of carbonyl (C=O) groups excluding carboxylic acids is 1. The van der Waals surface area contributed by atoms with Crippen LogP contribution in [0.2, 0.25) is 0 Å². The molecule has 6 nitrogen and oxygen atoms in total. The molecule has 1 saturated heterocycles. The molecule has 1 fully saturated rings. The fourth-order valence-corrected chi connectivity index (χ4v) is 2.22. The van der Waals surface area contributed by atoms with Gasteiger partial charge in [-0.05, 0) is 6.07 Å². The molecule has 3 rings (SSSR count). The van der Waals surface area contributed by atoms with Crippen molar-refractivity contribution < 1.29 is 22.7 Å². The highest BCUT2D eigenvalue weighted by Crippen LogP contribution is 2.25. The van der Waals surface area contributed by atoms with Gasteiger partial charge in [-0.15, -0.1) is 0 Å². The number of rotatable bonds is 2. The molecule has 3 heterocycles. The van der Waals surface area contributed by atoms with E-state index in [1.54, 1.807) is 6.07 Å². The molecule has 2 aromatic rings. The van der Waals surface area contributed by atoms with Gasteiger partial charge in [-0.1, -0.05) is 0 Å². The number of alkyl halides is 2. The van der Waals surface area contributed by atoms with E-state index in [-0.39, 0.29) is 18.7 Å². The average Bonchev–Trinajstić information content (AvgIpc) is 3.07. The van der Waals surface area contributed by atoms with E-state index in [0.29, 0.717) is 11.3 Å². The van der Waals surface area contributed by atoms with Crippen LogP contribution in [-0.4, -0.2) is 53.2 Å². The number of H-pyrrole nitrogens is 1. The first kappa shape index (κ1) is 13.7.